The van der Waals surface area contributed by atoms with E-state index in [-0.39, 0.29) is 5.91 Å². The van der Waals surface area contributed by atoms with Crippen molar-refractivity contribution in [2.45, 2.75) is 125 Å². The molecular weight excluding hydrogens is 454 g/mol. The summed E-state index contributed by atoms with van der Waals surface area (Å²) in [6.07, 6.45) is 17.2. The number of amides is 1. The molecule has 1 unspecified atom stereocenters. The molecule has 9 atom stereocenters. The Morgan fingerprint density at radius 3 is 2.38 bits per heavy atom. The Hall–Kier alpha value is -0.830. The zero-order valence-electron chi connectivity index (χ0n) is 25.5. The third-order valence-electron chi connectivity index (χ3n) is 12.3. The molecule has 4 saturated carbocycles. The van der Waals surface area contributed by atoms with E-state index in [0.29, 0.717) is 35.7 Å². The lowest BCUT2D eigenvalue weighted by Crippen LogP contribution is -2.54. The first-order chi connectivity index (χ1) is 17.5. The average Bonchev–Trinajstić information content (AvgIpc) is 3.20. The van der Waals surface area contributed by atoms with E-state index in [9.17, 15) is 4.79 Å². The number of nitrogens with zero attached hydrogens (tertiary/aromatic N) is 1. The van der Waals surface area contributed by atoms with Gasteiger partial charge in [0.15, 0.2) is 0 Å². The van der Waals surface area contributed by atoms with Crippen molar-refractivity contribution in [1.82, 2.24) is 4.90 Å². The van der Waals surface area contributed by atoms with Gasteiger partial charge in [-0.1, -0.05) is 60.5 Å². The Morgan fingerprint density at radius 1 is 0.973 bits per heavy atom. The first-order valence-electron chi connectivity index (χ1n) is 16.0. The summed E-state index contributed by atoms with van der Waals surface area (Å²) in [7, 11) is 1.86. The van der Waals surface area contributed by atoms with Crippen molar-refractivity contribution in [3.63, 3.8) is 0 Å². The Kier molecular flexibility index (Phi) is 9.24. The molecule has 212 valence electrons. The van der Waals surface area contributed by atoms with Crippen LogP contribution in [0.4, 0.5) is 0 Å². The molecule has 3 heteroatoms. The second kappa shape index (κ2) is 11.7. The number of carbonyl (C=O) groups is 1. The molecule has 0 aliphatic heterocycles. The highest BCUT2D eigenvalue weighted by Crippen LogP contribution is 2.68. The van der Waals surface area contributed by atoms with E-state index >= 15 is 0 Å². The van der Waals surface area contributed by atoms with Crippen LogP contribution in [0.3, 0.4) is 0 Å². The van der Waals surface area contributed by atoms with Crippen molar-refractivity contribution in [1.29, 1.82) is 0 Å². The molecule has 1 amide bonds. The molecule has 3 nitrogen and oxygen atoms in total. The van der Waals surface area contributed by atoms with Gasteiger partial charge in [0.05, 0.1) is 12.7 Å². The molecule has 4 aliphatic rings. The fourth-order valence-electron chi connectivity index (χ4n) is 10.2. The summed E-state index contributed by atoms with van der Waals surface area (Å²) < 4.78 is 6.36. The first-order valence-corrected chi connectivity index (χ1v) is 16.0. The van der Waals surface area contributed by atoms with Gasteiger partial charge in [-0.15, -0.1) is 0 Å². The summed E-state index contributed by atoms with van der Waals surface area (Å²) in [6, 6.07) is 0. The van der Waals surface area contributed by atoms with Crippen LogP contribution < -0.4 is 0 Å². The van der Waals surface area contributed by atoms with Gasteiger partial charge in [0, 0.05) is 19.2 Å². The van der Waals surface area contributed by atoms with E-state index in [1.807, 2.05) is 7.05 Å². The van der Waals surface area contributed by atoms with E-state index in [2.05, 4.69) is 41.2 Å². The van der Waals surface area contributed by atoms with E-state index in [1.54, 1.807) is 11.8 Å². The van der Waals surface area contributed by atoms with Gasteiger partial charge in [0.1, 0.15) is 0 Å². The van der Waals surface area contributed by atoms with Gasteiger partial charge in [-0.05, 0) is 117 Å². The second-order valence-electron chi connectivity index (χ2n) is 15.0. The quantitative estimate of drug-likeness (QED) is 0.274. The molecule has 4 fully saturated rings. The number of fused-ring (bicyclic) bond motifs is 5. The summed E-state index contributed by atoms with van der Waals surface area (Å²) in [5.74, 6) is 6.41. The molecule has 0 aromatic heterocycles. The van der Waals surface area contributed by atoms with Crippen molar-refractivity contribution in [2.24, 2.45) is 52.3 Å². The standard InChI is InChI=1S/C34H59NO2/c1-23(2)10-9-11-25(5)29-14-15-30-28-13-12-26-22-27(37-21-20-35(8)32(36)24(3)4)16-18-33(26,6)31(28)17-19-34(29,30)7/h23,25-31H,3,9-22H2,1-2,4-8H3/t25-,26+,27+,28+,29?,30+,31+,33+,34-/m1/s1. The molecule has 0 spiro atoms. The minimum absolute atomic E-state index is 0.0292. The molecule has 37 heavy (non-hydrogen) atoms. The molecular formula is C34H59NO2. The minimum atomic E-state index is 0.0292. The largest absolute Gasteiger partial charge is 0.376 e. The molecule has 0 aromatic rings. The summed E-state index contributed by atoms with van der Waals surface area (Å²) >= 11 is 0. The molecule has 0 bridgehead atoms. The Morgan fingerprint density at radius 2 is 1.68 bits per heavy atom. The highest BCUT2D eigenvalue weighted by molar-refractivity contribution is 5.91. The van der Waals surface area contributed by atoms with Crippen LogP contribution in [-0.4, -0.2) is 37.1 Å². The van der Waals surface area contributed by atoms with Crippen molar-refractivity contribution in [2.75, 3.05) is 20.2 Å². The van der Waals surface area contributed by atoms with Gasteiger partial charge in [0.2, 0.25) is 5.91 Å². The summed E-state index contributed by atoms with van der Waals surface area (Å²) in [6.45, 7) is 19.6. The molecule has 0 radical (unpaired) electrons. The number of ether oxygens (including phenoxy) is 1. The lowest BCUT2D eigenvalue weighted by molar-refractivity contribution is -0.138. The van der Waals surface area contributed by atoms with Gasteiger partial charge < -0.3 is 9.64 Å². The van der Waals surface area contributed by atoms with E-state index in [4.69, 9.17) is 4.74 Å². The Bertz CT molecular complexity index is 806. The zero-order valence-corrected chi connectivity index (χ0v) is 25.5. The van der Waals surface area contributed by atoms with Gasteiger partial charge in [-0.3, -0.25) is 4.79 Å². The Labute approximate surface area is 229 Å². The summed E-state index contributed by atoms with van der Waals surface area (Å²) in [5, 5.41) is 0. The number of rotatable bonds is 10. The van der Waals surface area contributed by atoms with Crippen LogP contribution in [0, 0.1) is 52.3 Å². The normalized spacial score (nSPS) is 40.0. The molecule has 0 N–H and O–H groups in total. The van der Waals surface area contributed by atoms with Crippen molar-refractivity contribution in [3.05, 3.63) is 12.2 Å². The van der Waals surface area contributed by atoms with Gasteiger partial charge >= 0.3 is 0 Å². The maximum Gasteiger partial charge on any atom is 0.248 e. The van der Waals surface area contributed by atoms with Gasteiger partial charge in [0.25, 0.3) is 0 Å². The Balaban J connectivity index is 1.32. The van der Waals surface area contributed by atoms with Crippen molar-refractivity contribution >= 4 is 5.91 Å². The van der Waals surface area contributed by atoms with Crippen LogP contribution in [-0.2, 0) is 9.53 Å². The van der Waals surface area contributed by atoms with Crippen LogP contribution in [0.15, 0.2) is 12.2 Å². The highest BCUT2D eigenvalue weighted by atomic mass is 16.5. The van der Waals surface area contributed by atoms with Gasteiger partial charge in [-0.2, -0.15) is 0 Å². The summed E-state index contributed by atoms with van der Waals surface area (Å²) in [5.41, 5.74) is 1.71. The van der Waals surface area contributed by atoms with E-state index in [1.165, 1.54) is 77.0 Å². The molecule has 4 rings (SSSR count). The third kappa shape index (κ3) is 5.87. The van der Waals surface area contributed by atoms with Crippen LogP contribution >= 0.6 is 0 Å². The third-order valence-corrected chi connectivity index (χ3v) is 12.3. The zero-order chi connectivity index (χ0) is 27.0. The van der Waals surface area contributed by atoms with Crippen LogP contribution in [0.25, 0.3) is 0 Å². The maximum absolute atomic E-state index is 12.1. The van der Waals surface area contributed by atoms with Crippen LogP contribution in [0.2, 0.25) is 0 Å². The van der Waals surface area contributed by atoms with Crippen molar-refractivity contribution in [3.8, 4) is 0 Å². The SMILES string of the molecule is C=C(C)C(=O)N(C)CCO[C@H]1CC[C@@]2(C)[C@@H](CC[C@@H]3[C@@H]2CC[C@]2(C)C([C@H](C)CCCC(C)C)CC[C@@H]32)C1. The smallest absolute Gasteiger partial charge is 0.248 e. The topological polar surface area (TPSA) is 29.5 Å². The fourth-order valence-corrected chi connectivity index (χ4v) is 10.2. The maximum atomic E-state index is 12.1. The molecule has 0 aromatic carbocycles. The van der Waals surface area contributed by atoms with Crippen molar-refractivity contribution < 1.29 is 9.53 Å². The van der Waals surface area contributed by atoms with E-state index in [0.717, 1.165) is 41.4 Å². The molecule has 0 saturated heterocycles. The first kappa shape index (κ1) is 29.2. The predicted octanol–water partition coefficient (Wildman–Crippen LogP) is 8.53. The van der Waals surface area contributed by atoms with Gasteiger partial charge in [-0.25, -0.2) is 0 Å². The lowest BCUT2D eigenvalue weighted by atomic mass is 9.44. The predicted molar refractivity (Wildman–Crippen MR) is 155 cm³/mol. The highest BCUT2D eigenvalue weighted by Gasteiger charge is 2.60. The molecule has 0 heterocycles. The average molecular weight is 514 g/mol. The van der Waals surface area contributed by atoms with Crippen LogP contribution in [0.1, 0.15) is 119 Å². The minimum Gasteiger partial charge on any atom is -0.376 e. The van der Waals surface area contributed by atoms with Crippen LogP contribution in [0.5, 0.6) is 0 Å². The lowest BCUT2D eigenvalue weighted by Gasteiger charge is -2.61. The number of hydrogen-bond donors (Lipinski definition) is 0. The molecule has 4 aliphatic carbocycles. The van der Waals surface area contributed by atoms with E-state index < -0.39 is 0 Å². The second-order valence-corrected chi connectivity index (χ2v) is 15.0. The summed E-state index contributed by atoms with van der Waals surface area (Å²) in [4.78, 5) is 13.8. The monoisotopic (exact) mass is 513 g/mol. The number of hydrogen-bond acceptors (Lipinski definition) is 2. The number of likely N-dealkylation sites (N-methyl/N-ethyl adjacent to an activating group) is 1. The fraction of sp³-hybridized carbons (Fsp3) is 0.912. The number of carbonyl (C=O) groups excluding carboxylic acids is 1.